The van der Waals surface area contributed by atoms with Crippen LogP contribution < -0.4 is 15.4 Å². The molecule has 9 nitrogen and oxygen atoms in total. The Balaban J connectivity index is 1.63. The summed E-state index contributed by atoms with van der Waals surface area (Å²) in [5.74, 6) is 2.66. The second-order valence-electron chi connectivity index (χ2n) is 5.95. The summed E-state index contributed by atoms with van der Waals surface area (Å²) >= 11 is 0. The lowest BCUT2D eigenvalue weighted by molar-refractivity contribution is 0.438. The Kier molecular flexibility index (Phi) is 5.19. The molecule has 9 heteroatoms. The van der Waals surface area contributed by atoms with Crippen LogP contribution in [0.25, 0.3) is 11.4 Å². The quantitative estimate of drug-likeness (QED) is 0.513. The van der Waals surface area contributed by atoms with Crippen molar-refractivity contribution in [3.05, 3.63) is 66.5 Å². The summed E-state index contributed by atoms with van der Waals surface area (Å²) in [6.07, 6.45) is 0. The predicted molar refractivity (Wildman–Crippen MR) is 109 cm³/mol. The number of aromatic nitrogens is 6. The summed E-state index contributed by atoms with van der Waals surface area (Å²) < 4.78 is 5.71. The number of anilines is 3. The molecule has 4 aromatic rings. The summed E-state index contributed by atoms with van der Waals surface area (Å²) in [4.78, 5) is 26.0. The highest BCUT2D eigenvalue weighted by Gasteiger charge is 2.11. The lowest BCUT2D eigenvalue weighted by Crippen LogP contribution is -2.08. The lowest BCUT2D eigenvalue weighted by Gasteiger charge is -2.09. The van der Waals surface area contributed by atoms with E-state index in [0.717, 1.165) is 5.56 Å². The van der Waals surface area contributed by atoms with Gasteiger partial charge in [0.25, 0.3) is 0 Å². The van der Waals surface area contributed by atoms with Gasteiger partial charge in [0.1, 0.15) is 11.6 Å². The first-order chi connectivity index (χ1) is 14.2. The van der Waals surface area contributed by atoms with Crippen LogP contribution in [0, 0.1) is 6.92 Å². The minimum atomic E-state index is 0.178. The molecule has 0 spiro atoms. The maximum absolute atomic E-state index is 5.71. The fourth-order valence-electron chi connectivity index (χ4n) is 2.51. The molecule has 2 aromatic heterocycles. The zero-order chi connectivity index (χ0) is 20.1. The summed E-state index contributed by atoms with van der Waals surface area (Å²) in [5.41, 5.74) is 0.870. The van der Waals surface area contributed by atoms with E-state index >= 15 is 0 Å². The molecule has 0 bridgehead atoms. The van der Waals surface area contributed by atoms with Crippen molar-refractivity contribution < 1.29 is 4.74 Å². The summed E-state index contributed by atoms with van der Waals surface area (Å²) in [7, 11) is 1.74. The Labute approximate surface area is 167 Å². The van der Waals surface area contributed by atoms with Crippen molar-refractivity contribution in [1.82, 2.24) is 29.9 Å². The molecule has 0 aliphatic carbocycles. The molecular formula is C20H18N8O. The fraction of sp³-hybridized carbons (Fsp3) is 0.100. The molecule has 0 saturated carbocycles. The standard InChI is InChI=1S/C20H18N8O/c1-13-22-18(28-20(23-13)29-15-11-7-4-8-12-15)27-19-25-16(24-17(21-2)26-19)14-9-5-3-6-10-14/h3-12H,1-2H3,(H2,21,22,23,24,25,26,27,28). The molecule has 0 fully saturated rings. The van der Waals surface area contributed by atoms with Crippen LogP contribution in [-0.2, 0) is 0 Å². The number of nitrogens with one attached hydrogen (secondary N) is 2. The Hall–Kier alpha value is -4.14. The molecule has 0 aliphatic heterocycles. The van der Waals surface area contributed by atoms with Gasteiger partial charge in [0.15, 0.2) is 5.82 Å². The molecule has 0 aliphatic rings. The number of hydrogen-bond donors (Lipinski definition) is 2. The van der Waals surface area contributed by atoms with Crippen LogP contribution in [0.15, 0.2) is 60.7 Å². The van der Waals surface area contributed by atoms with Crippen molar-refractivity contribution >= 4 is 17.8 Å². The van der Waals surface area contributed by atoms with E-state index in [9.17, 15) is 0 Å². The molecule has 144 valence electrons. The highest BCUT2D eigenvalue weighted by atomic mass is 16.5. The highest BCUT2D eigenvalue weighted by Crippen LogP contribution is 2.21. The van der Waals surface area contributed by atoms with Crippen LogP contribution >= 0.6 is 0 Å². The average molecular weight is 386 g/mol. The topological polar surface area (TPSA) is 111 Å². The first-order valence-electron chi connectivity index (χ1n) is 8.91. The van der Waals surface area contributed by atoms with Gasteiger partial charge in [-0.3, -0.25) is 5.32 Å². The van der Waals surface area contributed by atoms with Gasteiger partial charge in [0, 0.05) is 12.6 Å². The van der Waals surface area contributed by atoms with Gasteiger partial charge < -0.3 is 10.1 Å². The molecule has 2 aromatic carbocycles. The number of benzene rings is 2. The van der Waals surface area contributed by atoms with Crippen molar-refractivity contribution in [2.24, 2.45) is 0 Å². The average Bonchev–Trinajstić information content (AvgIpc) is 2.74. The van der Waals surface area contributed by atoms with E-state index in [4.69, 9.17) is 4.74 Å². The summed E-state index contributed by atoms with van der Waals surface area (Å²) in [6, 6.07) is 19.1. The van der Waals surface area contributed by atoms with Gasteiger partial charge in [-0.1, -0.05) is 48.5 Å². The normalized spacial score (nSPS) is 10.4. The first kappa shape index (κ1) is 18.2. The van der Waals surface area contributed by atoms with Crippen LogP contribution in [-0.4, -0.2) is 37.0 Å². The van der Waals surface area contributed by atoms with E-state index in [1.165, 1.54) is 0 Å². The van der Waals surface area contributed by atoms with Gasteiger partial charge in [0.2, 0.25) is 17.8 Å². The van der Waals surface area contributed by atoms with Crippen LogP contribution in [0.1, 0.15) is 5.82 Å². The summed E-state index contributed by atoms with van der Waals surface area (Å²) in [6.45, 7) is 1.76. The molecule has 4 rings (SSSR count). The maximum atomic E-state index is 5.71. The molecule has 2 heterocycles. The van der Waals surface area contributed by atoms with E-state index in [0.29, 0.717) is 29.3 Å². The molecule has 0 saturated heterocycles. The lowest BCUT2D eigenvalue weighted by atomic mass is 10.2. The first-order valence-corrected chi connectivity index (χ1v) is 8.91. The van der Waals surface area contributed by atoms with Gasteiger partial charge in [0.05, 0.1) is 0 Å². The van der Waals surface area contributed by atoms with Crippen molar-refractivity contribution in [3.63, 3.8) is 0 Å². The number of ether oxygens (including phenoxy) is 1. The third-order valence-electron chi connectivity index (χ3n) is 3.79. The zero-order valence-electron chi connectivity index (χ0n) is 15.9. The number of aryl methyl sites for hydroxylation is 1. The Bertz CT molecular complexity index is 1110. The van der Waals surface area contributed by atoms with Gasteiger partial charge >= 0.3 is 6.01 Å². The van der Waals surface area contributed by atoms with Gasteiger partial charge in [-0.05, 0) is 19.1 Å². The summed E-state index contributed by atoms with van der Waals surface area (Å²) in [5, 5.41) is 5.95. The van der Waals surface area contributed by atoms with Crippen molar-refractivity contribution in [1.29, 1.82) is 0 Å². The molecule has 0 atom stereocenters. The largest absolute Gasteiger partial charge is 0.424 e. The Morgan fingerprint density at radius 1 is 0.690 bits per heavy atom. The van der Waals surface area contributed by atoms with E-state index in [1.54, 1.807) is 14.0 Å². The van der Waals surface area contributed by atoms with Crippen LogP contribution in [0.2, 0.25) is 0 Å². The Morgan fingerprint density at radius 2 is 1.34 bits per heavy atom. The third-order valence-corrected chi connectivity index (χ3v) is 3.79. The van der Waals surface area contributed by atoms with Crippen molar-refractivity contribution in [2.45, 2.75) is 6.92 Å². The SMILES string of the molecule is CNc1nc(Nc2nc(C)nc(Oc3ccccc3)n2)nc(-c2ccccc2)n1. The smallest absolute Gasteiger partial charge is 0.327 e. The van der Waals surface area contributed by atoms with Crippen LogP contribution in [0.3, 0.4) is 0 Å². The van der Waals surface area contributed by atoms with E-state index in [1.807, 2.05) is 60.7 Å². The van der Waals surface area contributed by atoms with E-state index < -0.39 is 0 Å². The molecule has 0 amide bonds. The maximum Gasteiger partial charge on any atom is 0.327 e. The second-order valence-corrected chi connectivity index (χ2v) is 5.95. The predicted octanol–water partition coefficient (Wildman–Crippen LogP) is 3.61. The fourth-order valence-corrected chi connectivity index (χ4v) is 2.51. The molecule has 2 N–H and O–H groups in total. The number of hydrogen-bond acceptors (Lipinski definition) is 9. The van der Waals surface area contributed by atoms with Gasteiger partial charge in [-0.15, -0.1) is 0 Å². The number of rotatable bonds is 6. The molecule has 0 unspecified atom stereocenters. The molecular weight excluding hydrogens is 368 g/mol. The minimum absolute atomic E-state index is 0.178. The van der Waals surface area contributed by atoms with E-state index in [2.05, 4.69) is 40.5 Å². The Morgan fingerprint density at radius 3 is 2.07 bits per heavy atom. The monoisotopic (exact) mass is 386 g/mol. The molecule has 0 radical (unpaired) electrons. The number of para-hydroxylation sites is 1. The second kappa shape index (κ2) is 8.26. The van der Waals surface area contributed by atoms with Crippen LogP contribution in [0.4, 0.5) is 17.8 Å². The zero-order valence-corrected chi connectivity index (χ0v) is 15.9. The van der Waals surface area contributed by atoms with Gasteiger partial charge in [-0.25, -0.2) is 0 Å². The highest BCUT2D eigenvalue weighted by molar-refractivity contribution is 5.59. The van der Waals surface area contributed by atoms with Crippen molar-refractivity contribution in [2.75, 3.05) is 17.7 Å². The third kappa shape index (κ3) is 4.59. The number of nitrogens with zero attached hydrogens (tertiary/aromatic N) is 6. The minimum Gasteiger partial charge on any atom is -0.424 e. The van der Waals surface area contributed by atoms with Crippen molar-refractivity contribution in [3.8, 4) is 23.1 Å². The van der Waals surface area contributed by atoms with E-state index in [-0.39, 0.29) is 12.0 Å². The van der Waals surface area contributed by atoms with Crippen LogP contribution in [0.5, 0.6) is 11.8 Å². The molecule has 29 heavy (non-hydrogen) atoms. The van der Waals surface area contributed by atoms with Gasteiger partial charge in [-0.2, -0.15) is 29.9 Å².